The van der Waals surface area contributed by atoms with Gasteiger partial charge in [0.1, 0.15) is 0 Å². The Kier molecular flexibility index (Phi) is 2.49. The van der Waals surface area contributed by atoms with Crippen LogP contribution in [0.2, 0.25) is 0 Å². The van der Waals surface area contributed by atoms with Gasteiger partial charge in [0.05, 0.1) is 5.70 Å². The second kappa shape index (κ2) is 4.34. The molecular weight excluding hydrogens is 246 g/mol. The van der Waals surface area contributed by atoms with E-state index in [1.165, 1.54) is 11.1 Å². The van der Waals surface area contributed by atoms with E-state index in [0.717, 1.165) is 36.2 Å². The largest absolute Gasteiger partial charge is 0.307 e. The van der Waals surface area contributed by atoms with Crippen LogP contribution >= 0.6 is 0 Å². The number of hydrogen-bond donors (Lipinski definition) is 0. The first-order chi connectivity index (χ1) is 9.86. The Labute approximate surface area is 118 Å². The molecule has 0 fully saturated rings. The van der Waals surface area contributed by atoms with E-state index in [1.807, 2.05) is 29.2 Å². The van der Waals surface area contributed by atoms with Crippen molar-refractivity contribution in [3.63, 3.8) is 0 Å². The van der Waals surface area contributed by atoms with Gasteiger partial charge in [-0.25, -0.2) is 0 Å². The fraction of sp³-hybridized carbons (Fsp3) is 0.167. The average molecular weight is 261 g/mol. The lowest BCUT2D eigenvalue weighted by Crippen LogP contribution is -2.27. The number of carbonyl (C=O) groups excluding carboxylic acids is 1. The van der Waals surface area contributed by atoms with E-state index >= 15 is 0 Å². The zero-order valence-electron chi connectivity index (χ0n) is 11.2. The molecule has 2 aliphatic heterocycles. The number of nitrogens with zero attached hydrogens (tertiary/aromatic N) is 1. The second-order valence-electron chi connectivity index (χ2n) is 5.30. The van der Waals surface area contributed by atoms with Crippen LogP contribution in [0.3, 0.4) is 0 Å². The molecule has 2 nitrogen and oxygen atoms in total. The molecule has 0 atom stereocenters. The number of hydrogen-bond acceptors (Lipinski definition) is 1. The Morgan fingerprint density at radius 1 is 0.850 bits per heavy atom. The standard InChI is InChI=1S/C18H15NO/c20-18-16-10-5-4-9-15(16)17-14(11-6-12-19(17)18)13-7-2-1-3-8-13/h1-5,7-10H,6,11-12H2. The monoisotopic (exact) mass is 261 g/mol. The van der Waals surface area contributed by atoms with Gasteiger partial charge in [-0.05, 0) is 30.0 Å². The highest BCUT2D eigenvalue weighted by atomic mass is 16.2. The summed E-state index contributed by atoms with van der Waals surface area (Å²) in [6, 6.07) is 18.4. The maximum Gasteiger partial charge on any atom is 0.258 e. The molecule has 0 bridgehead atoms. The summed E-state index contributed by atoms with van der Waals surface area (Å²) in [6.45, 7) is 0.833. The van der Waals surface area contributed by atoms with Crippen molar-refractivity contribution >= 4 is 17.2 Å². The van der Waals surface area contributed by atoms with Crippen LogP contribution in [0.25, 0.3) is 11.3 Å². The Bertz CT molecular complexity index is 715. The minimum Gasteiger partial charge on any atom is -0.307 e. The molecule has 0 aromatic heterocycles. The van der Waals surface area contributed by atoms with Crippen LogP contribution in [-0.4, -0.2) is 17.4 Å². The van der Waals surface area contributed by atoms with Crippen LogP contribution in [0, 0.1) is 0 Å². The van der Waals surface area contributed by atoms with E-state index in [4.69, 9.17) is 0 Å². The van der Waals surface area contributed by atoms with Gasteiger partial charge in [0, 0.05) is 17.7 Å². The minimum atomic E-state index is 0.156. The third kappa shape index (κ3) is 1.54. The van der Waals surface area contributed by atoms with Gasteiger partial charge >= 0.3 is 0 Å². The quantitative estimate of drug-likeness (QED) is 0.764. The third-order valence-electron chi connectivity index (χ3n) is 4.14. The van der Waals surface area contributed by atoms with Crippen molar-refractivity contribution < 1.29 is 4.79 Å². The van der Waals surface area contributed by atoms with Gasteiger partial charge in [-0.1, -0.05) is 48.5 Å². The van der Waals surface area contributed by atoms with Crippen molar-refractivity contribution in [2.75, 3.05) is 6.54 Å². The van der Waals surface area contributed by atoms with Gasteiger partial charge in [-0.3, -0.25) is 4.79 Å². The average Bonchev–Trinajstić information content (AvgIpc) is 2.82. The first-order valence-electron chi connectivity index (χ1n) is 7.06. The van der Waals surface area contributed by atoms with Crippen molar-refractivity contribution in [1.29, 1.82) is 0 Å². The Balaban J connectivity index is 1.98. The predicted octanol–water partition coefficient (Wildman–Crippen LogP) is 3.80. The van der Waals surface area contributed by atoms with Crippen LogP contribution in [-0.2, 0) is 0 Å². The Morgan fingerprint density at radius 3 is 2.35 bits per heavy atom. The van der Waals surface area contributed by atoms with Crippen molar-refractivity contribution in [2.24, 2.45) is 0 Å². The first-order valence-corrected chi connectivity index (χ1v) is 7.06. The predicted molar refractivity (Wildman–Crippen MR) is 80.0 cm³/mol. The van der Waals surface area contributed by atoms with Crippen molar-refractivity contribution in [2.45, 2.75) is 12.8 Å². The zero-order chi connectivity index (χ0) is 13.5. The van der Waals surface area contributed by atoms with E-state index in [-0.39, 0.29) is 5.91 Å². The molecule has 2 heterocycles. The SMILES string of the molecule is O=C1c2ccccc2C2=C(c3ccccc3)CCCN12. The molecule has 0 saturated carbocycles. The smallest absolute Gasteiger partial charge is 0.258 e. The highest BCUT2D eigenvalue weighted by Crippen LogP contribution is 2.42. The first kappa shape index (κ1) is 11.5. The van der Waals surface area contributed by atoms with Crippen molar-refractivity contribution in [1.82, 2.24) is 4.90 Å². The maximum absolute atomic E-state index is 12.5. The molecule has 0 unspecified atom stereocenters. The molecule has 2 aromatic rings. The minimum absolute atomic E-state index is 0.156. The number of fused-ring (bicyclic) bond motifs is 3. The fourth-order valence-corrected chi connectivity index (χ4v) is 3.26. The highest BCUT2D eigenvalue weighted by Gasteiger charge is 2.35. The fourth-order valence-electron chi connectivity index (χ4n) is 3.26. The Hall–Kier alpha value is -2.35. The topological polar surface area (TPSA) is 20.3 Å². The summed E-state index contributed by atoms with van der Waals surface area (Å²) in [7, 11) is 0. The molecule has 1 amide bonds. The molecule has 98 valence electrons. The maximum atomic E-state index is 12.5. The lowest BCUT2D eigenvalue weighted by atomic mass is 9.93. The highest BCUT2D eigenvalue weighted by molar-refractivity contribution is 6.14. The van der Waals surface area contributed by atoms with Crippen LogP contribution in [0.5, 0.6) is 0 Å². The second-order valence-corrected chi connectivity index (χ2v) is 5.30. The molecule has 0 aliphatic carbocycles. The van der Waals surface area contributed by atoms with E-state index in [2.05, 4.69) is 30.3 Å². The van der Waals surface area contributed by atoms with Gasteiger partial charge in [0.2, 0.25) is 0 Å². The van der Waals surface area contributed by atoms with Crippen LogP contribution < -0.4 is 0 Å². The summed E-state index contributed by atoms with van der Waals surface area (Å²) in [5, 5.41) is 0. The molecule has 0 radical (unpaired) electrons. The molecule has 2 heteroatoms. The number of benzene rings is 2. The summed E-state index contributed by atoms with van der Waals surface area (Å²) in [5.41, 5.74) is 5.60. The molecular formula is C18H15NO. The molecule has 0 N–H and O–H groups in total. The summed E-state index contributed by atoms with van der Waals surface area (Å²) in [5.74, 6) is 0.156. The number of rotatable bonds is 1. The van der Waals surface area contributed by atoms with Gasteiger partial charge in [0.25, 0.3) is 5.91 Å². The van der Waals surface area contributed by atoms with E-state index in [0.29, 0.717) is 0 Å². The van der Waals surface area contributed by atoms with Gasteiger partial charge in [0.15, 0.2) is 0 Å². The summed E-state index contributed by atoms with van der Waals surface area (Å²) in [4.78, 5) is 14.5. The third-order valence-corrected chi connectivity index (χ3v) is 4.14. The van der Waals surface area contributed by atoms with E-state index in [1.54, 1.807) is 0 Å². The van der Waals surface area contributed by atoms with Crippen LogP contribution in [0.1, 0.15) is 34.3 Å². The van der Waals surface area contributed by atoms with Crippen molar-refractivity contribution in [3.8, 4) is 0 Å². The van der Waals surface area contributed by atoms with E-state index in [9.17, 15) is 4.79 Å². The lowest BCUT2D eigenvalue weighted by molar-refractivity contribution is 0.0846. The van der Waals surface area contributed by atoms with E-state index < -0.39 is 0 Å². The van der Waals surface area contributed by atoms with Gasteiger partial charge in [-0.2, -0.15) is 0 Å². The zero-order valence-corrected chi connectivity index (χ0v) is 11.2. The van der Waals surface area contributed by atoms with Gasteiger partial charge in [-0.15, -0.1) is 0 Å². The normalized spacial score (nSPS) is 17.2. The molecule has 20 heavy (non-hydrogen) atoms. The number of amides is 1. The molecule has 2 aliphatic rings. The summed E-state index contributed by atoms with van der Waals surface area (Å²) < 4.78 is 0. The summed E-state index contributed by atoms with van der Waals surface area (Å²) >= 11 is 0. The lowest BCUT2D eigenvalue weighted by Gasteiger charge is -2.27. The molecule has 0 saturated heterocycles. The van der Waals surface area contributed by atoms with Crippen molar-refractivity contribution in [3.05, 3.63) is 71.3 Å². The number of carbonyl (C=O) groups is 1. The van der Waals surface area contributed by atoms with Crippen LogP contribution in [0.15, 0.2) is 54.6 Å². The van der Waals surface area contributed by atoms with Crippen LogP contribution in [0.4, 0.5) is 0 Å². The number of allylic oxidation sites excluding steroid dienone is 1. The van der Waals surface area contributed by atoms with Gasteiger partial charge < -0.3 is 4.90 Å². The molecule has 0 spiro atoms. The Morgan fingerprint density at radius 2 is 1.55 bits per heavy atom. The molecule has 4 rings (SSSR count). The molecule has 2 aromatic carbocycles. The summed E-state index contributed by atoms with van der Waals surface area (Å²) in [6.07, 6.45) is 2.07.